The number of halogens is 1. The van der Waals surface area contributed by atoms with Gasteiger partial charge in [-0.2, -0.15) is 5.90 Å². The Kier molecular flexibility index (Phi) is 3.82. The summed E-state index contributed by atoms with van der Waals surface area (Å²) in [6.45, 7) is 0.975. The van der Waals surface area contributed by atoms with Gasteiger partial charge in [-0.25, -0.2) is 14.2 Å². The summed E-state index contributed by atoms with van der Waals surface area (Å²) >= 11 is 0. The number of hydrogen-bond donors (Lipinski definition) is 2. The number of carboxylic acid groups (broad SMARTS) is 1. The van der Waals surface area contributed by atoms with Crippen LogP contribution in [0, 0.1) is 5.82 Å². The lowest BCUT2D eigenvalue weighted by Crippen LogP contribution is -2.44. The van der Waals surface area contributed by atoms with Crippen LogP contribution in [0.1, 0.15) is 12.5 Å². The van der Waals surface area contributed by atoms with Gasteiger partial charge in [0, 0.05) is 11.6 Å². The molecule has 0 spiro atoms. The van der Waals surface area contributed by atoms with Gasteiger partial charge in [0.2, 0.25) is 5.88 Å². The highest BCUT2D eigenvalue weighted by atomic mass is 19.1. The van der Waals surface area contributed by atoms with Crippen LogP contribution in [0.5, 0.6) is 5.88 Å². The van der Waals surface area contributed by atoms with Crippen LogP contribution in [-0.2, 0) is 19.8 Å². The second-order valence-electron chi connectivity index (χ2n) is 3.54. The Morgan fingerprint density at radius 3 is 2.61 bits per heavy atom. The van der Waals surface area contributed by atoms with E-state index < -0.39 is 28.7 Å². The molecular weight excluding hydrogens is 247 g/mol. The first-order chi connectivity index (χ1) is 8.37. The van der Waals surface area contributed by atoms with Gasteiger partial charge < -0.3 is 14.7 Å². The van der Waals surface area contributed by atoms with Crippen LogP contribution in [0.2, 0.25) is 0 Å². The highest BCUT2D eigenvalue weighted by Crippen LogP contribution is 2.29. The van der Waals surface area contributed by atoms with Crippen molar-refractivity contribution in [2.24, 2.45) is 5.90 Å². The first-order valence-electron chi connectivity index (χ1n) is 4.72. The highest BCUT2D eigenvalue weighted by molar-refractivity contribution is 6.05. The molecule has 1 atom stereocenters. The van der Waals surface area contributed by atoms with Crippen molar-refractivity contribution >= 4 is 11.9 Å². The van der Waals surface area contributed by atoms with Crippen molar-refractivity contribution in [3.63, 3.8) is 0 Å². The van der Waals surface area contributed by atoms with Gasteiger partial charge in [-0.3, -0.25) is 4.79 Å². The van der Waals surface area contributed by atoms with E-state index in [4.69, 9.17) is 9.84 Å². The van der Waals surface area contributed by atoms with Crippen LogP contribution in [0.4, 0.5) is 4.39 Å². The van der Waals surface area contributed by atoms with Gasteiger partial charge in [0.05, 0.1) is 13.3 Å². The van der Waals surface area contributed by atoms with Gasteiger partial charge in [0.25, 0.3) is 0 Å². The molecule has 0 bridgehead atoms. The second kappa shape index (κ2) is 4.96. The number of nitrogens with zero attached hydrogens (tertiary/aromatic N) is 1. The van der Waals surface area contributed by atoms with E-state index in [0.717, 1.165) is 19.2 Å². The zero-order valence-corrected chi connectivity index (χ0v) is 9.64. The zero-order valence-electron chi connectivity index (χ0n) is 9.64. The van der Waals surface area contributed by atoms with Crippen LogP contribution in [0.3, 0.4) is 0 Å². The van der Waals surface area contributed by atoms with Crippen LogP contribution in [-0.4, -0.2) is 29.1 Å². The molecule has 0 amide bonds. The molecule has 18 heavy (non-hydrogen) atoms. The lowest BCUT2D eigenvalue weighted by Gasteiger charge is -2.22. The molecule has 0 aliphatic heterocycles. The number of methoxy groups -OCH3 is 1. The standard InChI is InChI=1S/C10H11FN2O5/c1-10(8(14)15,9(16)18-12)5-3-7(17-2)13-4-6(5)11/h3-4H,12H2,1-2H3,(H,14,15). The van der Waals surface area contributed by atoms with Crippen LogP contribution in [0.25, 0.3) is 0 Å². The SMILES string of the molecule is COc1cc(C(C)(C(=O)O)C(=O)ON)c(F)cn1. The Balaban J connectivity index is 3.47. The molecular formula is C10H11FN2O5. The predicted octanol–water partition coefficient (Wildman–Crippen LogP) is -0.0115. The van der Waals surface area contributed by atoms with E-state index in [0.29, 0.717) is 0 Å². The van der Waals surface area contributed by atoms with Gasteiger partial charge in [0.1, 0.15) is 5.82 Å². The van der Waals surface area contributed by atoms with Crippen LogP contribution in [0.15, 0.2) is 12.3 Å². The summed E-state index contributed by atoms with van der Waals surface area (Å²) in [5, 5.41) is 9.09. The molecule has 3 N–H and O–H groups in total. The van der Waals surface area contributed by atoms with Gasteiger partial charge >= 0.3 is 11.9 Å². The molecule has 98 valence electrons. The van der Waals surface area contributed by atoms with Crippen molar-refractivity contribution < 1.29 is 28.7 Å². The Labute approximate surface area is 101 Å². The lowest BCUT2D eigenvalue weighted by molar-refractivity contribution is -0.161. The van der Waals surface area contributed by atoms with Gasteiger partial charge in [-0.1, -0.05) is 0 Å². The highest BCUT2D eigenvalue weighted by Gasteiger charge is 2.47. The summed E-state index contributed by atoms with van der Waals surface area (Å²) in [6, 6.07) is 1.00. The number of ether oxygens (including phenoxy) is 1. The fraction of sp³-hybridized carbons (Fsp3) is 0.300. The number of carboxylic acids is 1. The second-order valence-corrected chi connectivity index (χ2v) is 3.54. The molecule has 0 radical (unpaired) electrons. The monoisotopic (exact) mass is 258 g/mol. The summed E-state index contributed by atoms with van der Waals surface area (Å²) in [6.07, 6.45) is 0.749. The molecule has 0 fully saturated rings. The molecule has 1 rings (SSSR count). The van der Waals surface area contributed by atoms with Crippen molar-refractivity contribution in [1.29, 1.82) is 0 Å². The van der Waals surface area contributed by atoms with E-state index in [-0.39, 0.29) is 5.88 Å². The predicted molar refractivity (Wildman–Crippen MR) is 56.0 cm³/mol. The number of aliphatic carboxylic acids is 1. The van der Waals surface area contributed by atoms with Gasteiger partial charge in [-0.15, -0.1) is 0 Å². The van der Waals surface area contributed by atoms with Crippen molar-refractivity contribution in [3.8, 4) is 5.88 Å². The quantitative estimate of drug-likeness (QED) is 0.576. The number of pyridine rings is 1. The first-order valence-corrected chi connectivity index (χ1v) is 4.72. The molecule has 1 aromatic rings. The summed E-state index contributed by atoms with van der Waals surface area (Å²) in [5.74, 6) is 0.743. The van der Waals surface area contributed by atoms with E-state index >= 15 is 0 Å². The molecule has 7 nitrogen and oxygen atoms in total. The van der Waals surface area contributed by atoms with E-state index in [1.165, 1.54) is 7.11 Å². The minimum atomic E-state index is -2.28. The summed E-state index contributed by atoms with van der Waals surface area (Å²) in [5.41, 5.74) is -2.73. The Hall–Kier alpha value is -2.22. The maximum Gasteiger partial charge on any atom is 0.346 e. The maximum atomic E-state index is 13.6. The molecule has 0 aromatic carbocycles. The van der Waals surface area contributed by atoms with Gasteiger partial charge in [-0.05, 0) is 6.92 Å². The van der Waals surface area contributed by atoms with Crippen molar-refractivity contribution in [3.05, 3.63) is 23.6 Å². The number of carbonyl (C=O) groups is 2. The van der Waals surface area contributed by atoms with E-state index in [9.17, 15) is 14.0 Å². The third-order valence-corrected chi connectivity index (χ3v) is 2.52. The average molecular weight is 258 g/mol. The minimum absolute atomic E-state index is 0.0382. The number of carbonyl (C=O) groups excluding carboxylic acids is 1. The summed E-state index contributed by atoms with van der Waals surface area (Å²) in [4.78, 5) is 30.1. The van der Waals surface area contributed by atoms with Crippen molar-refractivity contribution in [2.75, 3.05) is 7.11 Å². The van der Waals surface area contributed by atoms with Gasteiger partial charge in [0.15, 0.2) is 5.41 Å². The van der Waals surface area contributed by atoms with E-state index in [1.54, 1.807) is 0 Å². The minimum Gasteiger partial charge on any atom is -0.481 e. The van der Waals surface area contributed by atoms with Crippen molar-refractivity contribution in [1.82, 2.24) is 4.98 Å². The smallest absolute Gasteiger partial charge is 0.346 e. The maximum absolute atomic E-state index is 13.6. The summed E-state index contributed by atoms with van der Waals surface area (Å²) in [7, 11) is 1.27. The topological polar surface area (TPSA) is 112 Å². The fourth-order valence-corrected chi connectivity index (χ4v) is 1.34. The number of aromatic nitrogens is 1. The number of nitrogens with two attached hydrogens (primary N) is 1. The third kappa shape index (κ3) is 2.09. The van der Waals surface area contributed by atoms with E-state index in [1.807, 2.05) is 0 Å². The number of hydrogen-bond acceptors (Lipinski definition) is 6. The lowest BCUT2D eigenvalue weighted by atomic mass is 9.83. The third-order valence-electron chi connectivity index (χ3n) is 2.52. The van der Waals surface area contributed by atoms with Crippen molar-refractivity contribution in [2.45, 2.75) is 12.3 Å². The molecule has 1 aromatic heterocycles. The first kappa shape index (κ1) is 13.8. The fourth-order valence-electron chi connectivity index (χ4n) is 1.34. The Bertz CT molecular complexity index is 493. The number of rotatable bonds is 4. The molecule has 0 saturated heterocycles. The Morgan fingerprint density at radius 2 is 2.17 bits per heavy atom. The van der Waals surface area contributed by atoms with Crippen LogP contribution < -0.4 is 10.6 Å². The molecule has 8 heteroatoms. The normalized spacial score (nSPS) is 13.6. The largest absolute Gasteiger partial charge is 0.481 e. The molecule has 0 saturated carbocycles. The molecule has 1 unspecified atom stereocenters. The Morgan fingerprint density at radius 1 is 1.56 bits per heavy atom. The average Bonchev–Trinajstić information content (AvgIpc) is 2.37. The summed E-state index contributed by atoms with van der Waals surface area (Å²) < 4.78 is 18.4. The van der Waals surface area contributed by atoms with Crippen LogP contribution >= 0.6 is 0 Å². The molecule has 0 aliphatic rings. The molecule has 1 heterocycles. The van der Waals surface area contributed by atoms with E-state index in [2.05, 4.69) is 15.7 Å². The molecule has 0 aliphatic carbocycles. The zero-order chi connectivity index (χ0) is 13.9.